The Morgan fingerprint density at radius 1 is 1.19 bits per heavy atom. The molecular weight excluding hydrogens is 551 g/mol. The maximum Gasteiger partial charge on any atom is 0.307 e. The van der Waals surface area contributed by atoms with Crippen molar-refractivity contribution in [2.24, 2.45) is 0 Å². The van der Waals surface area contributed by atoms with Crippen LogP contribution in [-0.2, 0) is 35.6 Å². The van der Waals surface area contributed by atoms with Crippen LogP contribution >= 0.6 is 0 Å². The SMILES string of the molecule is C[C@@H]1CN(c2cccc(OCc3ccc(C#N)cc3F)n2)CCN1Cc1nc2cc(CC(=O)O)ccc2n1CC1CCO1. The first-order chi connectivity index (χ1) is 20.9. The first kappa shape index (κ1) is 28.6. The van der Waals surface area contributed by atoms with Crippen molar-refractivity contribution in [3.8, 4) is 11.9 Å². The normalized spacial score (nSPS) is 18.8. The van der Waals surface area contributed by atoms with Crippen LogP contribution in [0, 0.1) is 17.1 Å². The van der Waals surface area contributed by atoms with E-state index in [4.69, 9.17) is 19.7 Å². The average molecular weight is 585 g/mol. The second-order valence-electron chi connectivity index (χ2n) is 11.1. The number of halogens is 1. The molecule has 2 aliphatic heterocycles. The highest BCUT2D eigenvalue weighted by Gasteiger charge is 2.28. The van der Waals surface area contributed by atoms with Crippen molar-refractivity contribution in [2.75, 3.05) is 31.1 Å². The van der Waals surface area contributed by atoms with Gasteiger partial charge in [0.15, 0.2) is 0 Å². The van der Waals surface area contributed by atoms with E-state index in [1.807, 2.05) is 36.4 Å². The number of carboxylic acids is 1. The molecule has 2 aromatic carbocycles. The van der Waals surface area contributed by atoms with Crippen molar-refractivity contribution in [3.63, 3.8) is 0 Å². The molecule has 0 amide bonds. The lowest BCUT2D eigenvalue weighted by molar-refractivity contribution is -0.136. The van der Waals surface area contributed by atoms with Gasteiger partial charge < -0.3 is 24.0 Å². The van der Waals surface area contributed by atoms with E-state index >= 15 is 0 Å². The van der Waals surface area contributed by atoms with E-state index in [0.717, 1.165) is 67.4 Å². The molecule has 2 fully saturated rings. The van der Waals surface area contributed by atoms with Crippen LogP contribution < -0.4 is 9.64 Å². The van der Waals surface area contributed by atoms with Crippen LogP contribution in [0.5, 0.6) is 5.88 Å². The molecule has 1 unspecified atom stereocenters. The Balaban J connectivity index is 1.13. The van der Waals surface area contributed by atoms with Gasteiger partial charge in [-0.1, -0.05) is 18.2 Å². The summed E-state index contributed by atoms with van der Waals surface area (Å²) in [5.41, 5.74) is 3.17. The van der Waals surface area contributed by atoms with Gasteiger partial charge in [0.25, 0.3) is 0 Å². The summed E-state index contributed by atoms with van der Waals surface area (Å²) < 4.78 is 28.0. The molecule has 0 aliphatic carbocycles. The summed E-state index contributed by atoms with van der Waals surface area (Å²) in [6, 6.07) is 17.8. The molecule has 2 aromatic heterocycles. The van der Waals surface area contributed by atoms with Gasteiger partial charge in [-0.2, -0.15) is 10.2 Å². The average Bonchev–Trinajstić information content (AvgIpc) is 3.30. The summed E-state index contributed by atoms with van der Waals surface area (Å²) in [6.07, 6.45) is 1.15. The minimum atomic E-state index is -0.861. The summed E-state index contributed by atoms with van der Waals surface area (Å²) in [5.74, 6) is 0.812. The van der Waals surface area contributed by atoms with Gasteiger partial charge in [-0.05, 0) is 49.2 Å². The van der Waals surface area contributed by atoms with Gasteiger partial charge in [0, 0.05) is 43.9 Å². The fourth-order valence-corrected chi connectivity index (χ4v) is 5.63. The largest absolute Gasteiger partial charge is 0.481 e. The lowest BCUT2D eigenvalue weighted by atomic mass is 10.1. The van der Waals surface area contributed by atoms with Crippen LogP contribution in [0.4, 0.5) is 10.2 Å². The molecule has 0 spiro atoms. The van der Waals surface area contributed by atoms with Crippen molar-refractivity contribution in [1.82, 2.24) is 19.4 Å². The van der Waals surface area contributed by atoms with Gasteiger partial charge >= 0.3 is 5.97 Å². The highest BCUT2D eigenvalue weighted by Crippen LogP contribution is 2.26. The molecule has 43 heavy (non-hydrogen) atoms. The monoisotopic (exact) mass is 584 g/mol. The quantitative estimate of drug-likeness (QED) is 0.293. The van der Waals surface area contributed by atoms with Crippen LogP contribution in [0.1, 0.15) is 35.9 Å². The van der Waals surface area contributed by atoms with Gasteiger partial charge in [0.2, 0.25) is 5.88 Å². The number of anilines is 1. The number of rotatable bonds is 10. The molecule has 2 atom stereocenters. The molecule has 0 bridgehead atoms. The van der Waals surface area contributed by atoms with Crippen molar-refractivity contribution >= 4 is 22.8 Å². The fourth-order valence-electron chi connectivity index (χ4n) is 5.63. The summed E-state index contributed by atoms with van der Waals surface area (Å²) in [5, 5.41) is 18.2. The number of imidazole rings is 1. The molecule has 2 aliphatic rings. The summed E-state index contributed by atoms with van der Waals surface area (Å²) in [7, 11) is 0. The third-order valence-corrected chi connectivity index (χ3v) is 8.13. The third kappa shape index (κ3) is 6.45. The van der Waals surface area contributed by atoms with E-state index in [2.05, 4.69) is 26.3 Å². The highest BCUT2D eigenvalue weighted by atomic mass is 19.1. The third-order valence-electron chi connectivity index (χ3n) is 8.13. The van der Waals surface area contributed by atoms with Crippen molar-refractivity contribution < 1.29 is 23.8 Å². The molecule has 6 rings (SSSR count). The molecular formula is C32H33FN6O4. The van der Waals surface area contributed by atoms with Crippen molar-refractivity contribution in [2.45, 2.75) is 51.6 Å². The zero-order valence-electron chi connectivity index (χ0n) is 23.9. The van der Waals surface area contributed by atoms with E-state index < -0.39 is 11.8 Å². The molecule has 11 heteroatoms. The van der Waals surface area contributed by atoms with Crippen LogP contribution in [0.25, 0.3) is 11.0 Å². The number of piperazine rings is 1. The standard InChI is InChI=1S/C32H33FN6O4/c1-21-17-38(29-3-2-4-31(36-29)43-20-24-7-5-23(16-34)13-26(24)33)11-10-37(21)19-30-35-27-14-22(15-32(40)41)6-8-28(27)39(30)18-25-9-12-42-25/h2-8,13-14,21,25H,9-12,15,17-20H2,1H3,(H,40,41)/t21-,25?/m1/s1. The Kier molecular flexibility index (Phi) is 8.22. The number of aromatic nitrogens is 3. The number of ether oxygens (including phenoxy) is 2. The number of nitriles is 1. The van der Waals surface area contributed by atoms with Gasteiger partial charge in [-0.25, -0.2) is 9.37 Å². The van der Waals surface area contributed by atoms with E-state index in [9.17, 15) is 14.3 Å². The molecule has 4 aromatic rings. The second kappa shape index (κ2) is 12.4. The Labute approximate surface area is 248 Å². The summed E-state index contributed by atoms with van der Waals surface area (Å²) in [4.78, 5) is 25.5. The Morgan fingerprint density at radius 3 is 2.77 bits per heavy atom. The lowest BCUT2D eigenvalue weighted by Gasteiger charge is -2.40. The summed E-state index contributed by atoms with van der Waals surface area (Å²) >= 11 is 0. The van der Waals surface area contributed by atoms with Gasteiger partial charge in [-0.15, -0.1) is 0 Å². The van der Waals surface area contributed by atoms with E-state index in [-0.39, 0.29) is 30.7 Å². The number of hydrogen-bond acceptors (Lipinski definition) is 8. The van der Waals surface area contributed by atoms with Crippen LogP contribution in [-0.4, -0.2) is 68.9 Å². The fraction of sp³-hybridized carbons (Fsp3) is 0.375. The number of hydrogen-bond donors (Lipinski definition) is 1. The topological polar surface area (TPSA) is 117 Å². The number of carboxylic acid groups (broad SMARTS) is 1. The number of aliphatic carboxylic acids is 1. The minimum Gasteiger partial charge on any atom is -0.481 e. The maximum absolute atomic E-state index is 14.3. The number of fused-ring (bicyclic) bond motifs is 1. The van der Waals surface area contributed by atoms with Crippen LogP contribution in [0.3, 0.4) is 0 Å². The minimum absolute atomic E-state index is 0.0167. The number of pyridine rings is 1. The van der Waals surface area contributed by atoms with Crippen LogP contribution in [0.15, 0.2) is 54.6 Å². The maximum atomic E-state index is 14.3. The number of carbonyl (C=O) groups is 1. The Hall–Kier alpha value is -4.53. The predicted molar refractivity (Wildman–Crippen MR) is 157 cm³/mol. The molecule has 10 nitrogen and oxygen atoms in total. The van der Waals surface area contributed by atoms with Gasteiger partial charge in [-0.3, -0.25) is 9.69 Å². The molecule has 0 radical (unpaired) electrons. The van der Waals surface area contributed by atoms with Crippen molar-refractivity contribution in [3.05, 3.63) is 82.9 Å². The predicted octanol–water partition coefficient (Wildman–Crippen LogP) is 4.15. The zero-order chi connectivity index (χ0) is 29.9. The van der Waals surface area contributed by atoms with Gasteiger partial charge in [0.05, 0.1) is 48.3 Å². The lowest BCUT2D eigenvalue weighted by Crippen LogP contribution is -2.52. The Bertz CT molecular complexity index is 1680. The van der Waals surface area contributed by atoms with Crippen LogP contribution in [0.2, 0.25) is 0 Å². The molecule has 0 saturated carbocycles. The van der Waals surface area contributed by atoms with Gasteiger partial charge in [0.1, 0.15) is 24.1 Å². The number of benzene rings is 2. The van der Waals surface area contributed by atoms with Crippen molar-refractivity contribution in [1.29, 1.82) is 5.26 Å². The van der Waals surface area contributed by atoms with E-state index in [0.29, 0.717) is 18.0 Å². The number of nitrogens with zero attached hydrogens (tertiary/aromatic N) is 6. The highest BCUT2D eigenvalue weighted by molar-refractivity contribution is 5.79. The molecule has 222 valence electrons. The molecule has 4 heterocycles. The Morgan fingerprint density at radius 2 is 2.05 bits per heavy atom. The second-order valence-corrected chi connectivity index (χ2v) is 11.1. The van der Waals surface area contributed by atoms with E-state index in [1.165, 1.54) is 6.07 Å². The van der Waals surface area contributed by atoms with E-state index in [1.54, 1.807) is 18.2 Å². The first-order valence-corrected chi connectivity index (χ1v) is 14.4. The summed E-state index contributed by atoms with van der Waals surface area (Å²) in [6.45, 7) is 6.70. The zero-order valence-corrected chi connectivity index (χ0v) is 23.9. The first-order valence-electron chi connectivity index (χ1n) is 14.4. The molecule has 1 N–H and O–H groups in total. The smallest absolute Gasteiger partial charge is 0.307 e. The molecule has 2 saturated heterocycles.